The van der Waals surface area contributed by atoms with Crippen LogP contribution in [-0.4, -0.2) is 18.8 Å². The van der Waals surface area contributed by atoms with Gasteiger partial charge in [0.2, 0.25) is 0 Å². The summed E-state index contributed by atoms with van der Waals surface area (Å²) in [5, 5.41) is 0. The van der Waals surface area contributed by atoms with Crippen LogP contribution in [0.2, 0.25) is 0 Å². The highest BCUT2D eigenvalue weighted by Gasteiger charge is 2.23. The molecule has 2 nitrogen and oxygen atoms in total. The van der Waals surface area contributed by atoms with E-state index in [1.54, 1.807) is 0 Å². The summed E-state index contributed by atoms with van der Waals surface area (Å²) in [6.07, 6.45) is 6.78. The minimum atomic E-state index is 0.316. The molecule has 0 amide bonds. The van der Waals surface area contributed by atoms with Gasteiger partial charge in [0, 0.05) is 10.0 Å². The van der Waals surface area contributed by atoms with Crippen molar-refractivity contribution in [3.63, 3.8) is 0 Å². The second kappa shape index (κ2) is 7.11. The second-order valence-corrected chi connectivity index (χ2v) is 5.86. The Morgan fingerprint density at radius 3 is 2.63 bits per heavy atom. The van der Waals surface area contributed by atoms with Gasteiger partial charge in [0.1, 0.15) is 5.75 Å². The molecule has 1 aromatic rings. The van der Waals surface area contributed by atoms with E-state index in [1.165, 1.54) is 5.56 Å². The average molecular weight is 325 g/mol. The molecule has 0 aliphatic heterocycles. The topological polar surface area (TPSA) is 18.5 Å². The summed E-state index contributed by atoms with van der Waals surface area (Å²) in [7, 11) is 0. The van der Waals surface area contributed by atoms with Crippen LogP contribution >= 0.6 is 15.9 Å². The molecule has 1 fully saturated rings. The fourth-order valence-electron chi connectivity index (χ4n) is 2.42. The van der Waals surface area contributed by atoms with Gasteiger partial charge in [-0.25, -0.2) is 0 Å². The molecule has 0 aromatic heterocycles. The Hall–Kier alpha value is -0.800. The lowest BCUT2D eigenvalue weighted by Crippen LogP contribution is -2.28. The molecular formula is C16H21BrO2. The normalized spacial score (nSPS) is 23.1. The van der Waals surface area contributed by atoms with E-state index < -0.39 is 0 Å². The van der Waals surface area contributed by atoms with Crippen LogP contribution in [0, 0.1) is 6.92 Å². The maximum Gasteiger partial charge on any atom is 0.123 e. The van der Waals surface area contributed by atoms with Crippen molar-refractivity contribution in [1.29, 1.82) is 0 Å². The summed E-state index contributed by atoms with van der Waals surface area (Å²) in [6, 6.07) is 6.11. The Bertz CT molecular complexity index is 423. The summed E-state index contributed by atoms with van der Waals surface area (Å²) in [5.74, 6) is 0.991. The van der Waals surface area contributed by atoms with Crippen molar-refractivity contribution in [3.8, 4) is 5.75 Å². The van der Waals surface area contributed by atoms with Crippen LogP contribution in [0.5, 0.6) is 5.75 Å². The van der Waals surface area contributed by atoms with Crippen molar-refractivity contribution in [3.05, 3.63) is 40.9 Å². The first-order valence-electron chi connectivity index (χ1n) is 6.85. The van der Waals surface area contributed by atoms with E-state index in [0.29, 0.717) is 18.8 Å². The van der Waals surface area contributed by atoms with Crippen LogP contribution in [0.4, 0.5) is 0 Å². The standard InChI is InChI=1S/C16H21BrO2/c1-3-11-18-13-7-9-14(10-8-13)19-16-6-4-5-15(17)12(16)2/h3-6,13-14H,1,7-11H2,2H3. The summed E-state index contributed by atoms with van der Waals surface area (Å²) in [6.45, 7) is 6.41. The molecule has 0 atom stereocenters. The summed E-state index contributed by atoms with van der Waals surface area (Å²) < 4.78 is 12.9. The van der Waals surface area contributed by atoms with Gasteiger partial charge < -0.3 is 9.47 Å². The van der Waals surface area contributed by atoms with E-state index in [2.05, 4.69) is 29.4 Å². The fraction of sp³-hybridized carbons (Fsp3) is 0.500. The Morgan fingerprint density at radius 2 is 1.95 bits per heavy atom. The molecule has 0 saturated heterocycles. The molecule has 3 heteroatoms. The molecule has 0 spiro atoms. The molecule has 1 aliphatic rings. The van der Waals surface area contributed by atoms with Crippen molar-refractivity contribution in [2.24, 2.45) is 0 Å². The molecule has 0 bridgehead atoms. The van der Waals surface area contributed by atoms with Gasteiger partial charge in [-0.2, -0.15) is 0 Å². The first kappa shape index (κ1) is 14.6. The van der Waals surface area contributed by atoms with Crippen LogP contribution in [-0.2, 0) is 4.74 Å². The lowest BCUT2D eigenvalue weighted by Gasteiger charge is -2.29. The van der Waals surface area contributed by atoms with Crippen molar-refractivity contribution >= 4 is 15.9 Å². The summed E-state index contributed by atoms with van der Waals surface area (Å²) in [4.78, 5) is 0. The molecule has 1 aromatic carbocycles. The average Bonchev–Trinajstić information content (AvgIpc) is 2.43. The zero-order valence-corrected chi connectivity index (χ0v) is 13.0. The summed E-state index contributed by atoms with van der Waals surface area (Å²) >= 11 is 3.54. The molecular weight excluding hydrogens is 304 g/mol. The highest BCUT2D eigenvalue weighted by Crippen LogP contribution is 2.30. The van der Waals surface area contributed by atoms with Crippen molar-refractivity contribution in [2.75, 3.05) is 6.61 Å². The van der Waals surface area contributed by atoms with E-state index in [-0.39, 0.29) is 0 Å². The highest BCUT2D eigenvalue weighted by atomic mass is 79.9. The van der Waals surface area contributed by atoms with Gasteiger partial charge in [-0.1, -0.05) is 28.1 Å². The van der Waals surface area contributed by atoms with Crippen LogP contribution in [0.25, 0.3) is 0 Å². The third kappa shape index (κ3) is 4.08. The maximum absolute atomic E-state index is 6.11. The Morgan fingerprint density at radius 1 is 1.26 bits per heavy atom. The van der Waals surface area contributed by atoms with Crippen molar-refractivity contribution in [1.82, 2.24) is 0 Å². The molecule has 1 saturated carbocycles. The third-order valence-electron chi connectivity index (χ3n) is 3.58. The number of hydrogen-bond acceptors (Lipinski definition) is 2. The fourth-order valence-corrected chi connectivity index (χ4v) is 2.76. The third-order valence-corrected chi connectivity index (χ3v) is 4.44. The van der Waals surface area contributed by atoms with Gasteiger partial charge in [0.15, 0.2) is 0 Å². The van der Waals surface area contributed by atoms with Gasteiger partial charge in [0.05, 0.1) is 18.8 Å². The molecule has 2 rings (SSSR count). The Balaban J connectivity index is 1.85. The number of ether oxygens (including phenoxy) is 2. The zero-order valence-electron chi connectivity index (χ0n) is 11.4. The Labute approximate surface area is 123 Å². The van der Waals surface area contributed by atoms with Gasteiger partial charge in [-0.15, -0.1) is 6.58 Å². The van der Waals surface area contributed by atoms with Crippen LogP contribution < -0.4 is 4.74 Å². The quantitative estimate of drug-likeness (QED) is 0.734. The molecule has 0 radical (unpaired) electrons. The minimum absolute atomic E-state index is 0.316. The molecule has 0 N–H and O–H groups in total. The number of hydrogen-bond donors (Lipinski definition) is 0. The van der Waals surface area contributed by atoms with Crippen molar-refractivity contribution < 1.29 is 9.47 Å². The smallest absolute Gasteiger partial charge is 0.123 e. The van der Waals surface area contributed by atoms with E-state index >= 15 is 0 Å². The number of rotatable bonds is 5. The monoisotopic (exact) mass is 324 g/mol. The van der Waals surface area contributed by atoms with E-state index in [1.807, 2.05) is 24.3 Å². The largest absolute Gasteiger partial charge is 0.490 e. The highest BCUT2D eigenvalue weighted by molar-refractivity contribution is 9.10. The summed E-state index contributed by atoms with van der Waals surface area (Å²) in [5.41, 5.74) is 1.17. The predicted octanol–water partition coefficient (Wildman–Crippen LogP) is 4.65. The second-order valence-electron chi connectivity index (χ2n) is 5.00. The SMILES string of the molecule is C=CCOC1CCC(Oc2cccc(Br)c2C)CC1. The van der Waals surface area contributed by atoms with Crippen LogP contribution in [0.15, 0.2) is 35.3 Å². The zero-order chi connectivity index (χ0) is 13.7. The molecule has 19 heavy (non-hydrogen) atoms. The molecule has 0 unspecified atom stereocenters. The molecule has 0 heterocycles. The van der Waals surface area contributed by atoms with E-state index in [4.69, 9.17) is 9.47 Å². The Kier molecular flexibility index (Phi) is 5.46. The lowest BCUT2D eigenvalue weighted by atomic mass is 9.95. The first-order valence-corrected chi connectivity index (χ1v) is 7.64. The van der Waals surface area contributed by atoms with Crippen LogP contribution in [0.3, 0.4) is 0 Å². The van der Waals surface area contributed by atoms with Gasteiger partial charge in [0.25, 0.3) is 0 Å². The van der Waals surface area contributed by atoms with Gasteiger partial charge in [-0.3, -0.25) is 0 Å². The maximum atomic E-state index is 6.11. The lowest BCUT2D eigenvalue weighted by molar-refractivity contribution is 0.0158. The van der Waals surface area contributed by atoms with Gasteiger partial charge in [-0.05, 0) is 44.7 Å². The first-order chi connectivity index (χ1) is 9.20. The van der Waals surface area contributed by atoms with E-state index in [9.17, 15) is 0 Å². The molecule has 1 aliphatic carbocycles. The van der Waals surface area contributed by atoms with E-state index in [0.717, 1.165) is 35.9 Å². The minimum Gasteiger partial charge on any atom is -0.490 e. The van der Waals surface area contributed by atoms with Crippen molar-refractivity contribution in [2.45, 2.75) is 44.8 Å². The number of benzene rings is 1. The molecule has 104 valence electrons. The van der Waals surface area contributed by atoms with Crippen LogP contribution in [0.1, 0.15) is 31.2 Å². The number of halogens is 1. The van der Waals surface area contributed by atoms with Gasteiger partial charge >= 0.3 is 0 Å². The predicted molar refractivity (Wildman–Crippen MR) is 81.7 cm³/mol.